The van der Waals surface area contributed by atoms with Gasteiger partial charge in [-0.1, -0.05) is 28.1 Å². The van der Waals surface area contributed by atoms with Gasteiger partial charge < -0.3 is 10.6 Å². The van der Waals surface area contributed by atoms with Crippen molar-refractivity contribution >= 4 is 39.1 Å². The van der Waals surface area contributed by atoms with E-state index in [1.54, 1.807) is 31.2 Å². The molecule has 2 amide bonds. The van der Waals surface area contributed by atoms with E-state index in [2.05, 4.69) is 48.8 Å². The average molecular weight is 470 g/mol. The van der Waals surface area contributed by atoms with Gasteiger partial charge in [-0.3, -0.25) is 9.59 Å². The summed E-state index contributed by atoms with van der Waals surface area (Å²) in [7, 11) is 0. The van der Waals surface area contributed by atoms with Gasteiger partial charge in [0.15, 0.2) is 0 Å². The van der Waals surface area contributed by atoms with Gasteiger partial charge in [0.2, 0.25) is 11.8 Å². The number of rotatable bonds is 9. The number of aryl methyl sites for hydroxylation is 1. The number of benzene rings is 2. The van der Waals surface area contributed by atoms with Crippen molar-refractivity contribution in [3.63, 3.8) is 0 Å². The first-order valence-corrected chi connectivity index (χ1v) is 10.6. The van der Waals surface area contributed by atoms with E-state index in [1.165, 1.54) is 22.9 Å². The minimum atomic E-state index is -0.468. The fourth-order valence-electron chi connectivity index (χ4n) is 2.91. The lowest BCUT2D eigenvalue weighted by Crippen LogP contribution is -2.24. The number of anilines is 2. The van der Waals surface area contributed by atoms with Crippen molar-refractivity contribution in [1.29, 1.82) is 0 Å². The van der Waals surface area contributed by atoms with E-state index >= 15 is 0 Å². The van der Waals surface area contributed by atoms with Gasteiger partial charge in [0.1, 0.15) is 18.7 Å². The summed E-state index contributed by atoms with van der Waals surface area (Å²) in [4.78, 5) is 28.3. The first kappa shape index (κ1) is 21.7. The van der Waals surface area contributed by atoms with Gasteiger partial charge in [-0.05, 0) is 68.1 Å². The van der Waals surface area contributed by atoms with E-state index in [4.69, 9.17) is 0 Å². The van der Waals surface area contributed by atoms with Crippen LogP contribution in [0.25, 0.3) is 0 Å². The van der Waals surface area contributed by atoms with Gasteiger partial charge in [0, 0.05) is 22.3 Å². The Bertz CT molecular complexity index is 956. The molecule has 1 atom stereocenters. The zero-order chi connectivity index (χ0) is 21.3. The number of nitrogens with one attached hydrogen (secondary N) is 2. The summed E-state index contributed by atoms with van der Waals surface area (Å²) >= 11 is 3.43. The third-order valence-electron chi connectivity index (χ3n) is 4.68. The molecule has 0 aliphatic rings. The number of aromatic nitrogens is 3. The lowest BCUT2D eigenvalue weighted by atomic mass is 10.1. The van der Waals surface area contributed by atoms with Gasteiger partial charge in [-0.15, -0.1) is 0 Å². The highest BCUT2D eigenvalue weighted by Gasteiger charge is 2.15. The topological polar surface area (TPSA) is 88.9 Å². The van der Waals surface area contributed by atoms with Crippen LogP contribution < -0.4 is 10.6 Å². The van der Waals surface area contributed by atoms with E-state index in [0.29, 0.717) is 17.8 Å². The fourth-order valence-corrected chi connectivity index (χ4v) is 3.17. The molecule has 0 radical (unpaired) electrons. The molecule has 1 heterocycles. The summed E-state index contributed by atoms with van der Waals surface area (Å²) in [5.41, 5.74) is 2.63. The van der Waals surface area contributed by atoms with Gasteiger partial charge in [0.25, 0.3) is 0 Å². The van der Waals surface area contributed by atoms with Crippen LogP contribution in [-0.2, 0) is 16.0 Å². The molecule has 3 aromatic rings. The standard InChI is InChI=1S/C22H24BrN5O2/c1-16(28-15-24-14-25-28)22(30)27-20-12-10-19(11-13-20)26-21(29)5-3-2-4-17-6-8-18(23)9-7-17/h6-16H,2-5H2,1H3,(H,26,29)(H,27,30). The summed E-state index contributed by atoms with van der Waals surface area (Å²) in [5.74, 6) is -0.203. The number of unbranched alkanes of at least 4 members (excludes halogenated alkanes) is 1. The summed E-state index contributed by atoms with van der Waals surface area (Å²) in [6.07, 6.45) is 6.12. The molecule has 2 N–H and O–H groups in total. The molecule has 30 heavy (non-hydrogen) atoms. The molecule has 0 fully saturated rings. The van der Waals surface area contributed by atoms with Crippen LogP contribution in [0.4, 0.5) is 11.4 Å². The second kappa shape index (κ2) is 10.7. The summed E-state index contributed by atoms with van der Waals surface area (Å²) in [6.45, 7) is 1.75. The molecule has 3 rings (SSSR count). The van der Waals surface area contributed by atoms with Crippen LogP contribution in [0.5, 0.6) is 0 Å². The van der Waals surface area contributed by atoms with Crippen LogP contribution in [0.3, 0.4) is 0 Å². The van der Waals surface area contributed by atoms with E-state index in [9.17, 15) is 9.59 Å². The highest BCUT2D eigenvalue weighted by Crippen LogP contribution is 2.17. The maximum atomic E-state index is 12.3. The second-order valence-corrected chi connectivity index (χ2v) is 7.92. The number of nitrogens with zero attached hydrogens (tertiary/aromatic N) is 3. The number of halogens is 1. The Morgan fingerprint density at radius 1 is 1.00 bits per heavy atom. The molecule has 7 nitrogen and oxygen atoms in total. The van der Waals surface area contributed by atoms with Crippen molar-refractivity contribution in [3.8, 4) is 0 Å². The van der Waals surface area contributed by atoms with Crippen molar-refractivity contribution in [2.24, 2.45) is 0 Å². The summed E-state index contributed by atoms with van der Waals surface area (Å²) < 4.78 is 2.56. The summed E-state index contributed by atoms with van der Waals surface area (Å²) in [6, 6.07) is 14.8. The maximum Gasteiger partial charge on any atom is 0.249 e. The largest absolute Gasteiger partial charge is 0.326 e. The molecule has 2 aromatic carbocycles. The third kappa shape index (κ3) is 6.52. The Labute approximate surface area is 184 Å². The van der Waals surface area contributed by atoms with Crippen LogP contribution >= 0.6 is 15.9 Å². The Morgan fingerprint density at radius 2 is 1.67 bits per heavy atom. The van der Waals surface area contributed by atoms with Crippen molar-refractivity contribution in [3.05, 3.63) is 71.2 Å². The van der Waals surface area contributed by atoms with Crippen molar-refractivity contribution < 1.29 is 9.59 Å². The maximum absolute atomic E-state index is 12.3. The summed E-state index contributed by atoms with van der Waals surface area (Å²) in [5, 5.41) is 9.69. The molecule has 0 aliphatic carbocycles. The van der Waals surface area contributed by atoms with Crippen LogP contribution in [0.2, 0.25) is 0 Å². The highest BCUT2D eigenvalue weighted by atomic mass is 79.9. The Kier molecular flexibility index (Phi) is 7.73. The van der Waals surface area contributed by atoms with Gasteiger partial charge in [0.05, 0.1) is 0 Å². The molecule has 1 unspecified atom stereocenters. The monoisotopic (exact) mass is 469 g/mol. The Balaban J connectivity index is 1.39. The smallest absolute Gasteiger partial charge is 0.249 e. The average Bonchev–Trinajstić information content (AvgIpc) is 3.28. The molecular formula is C22H24BrN5O2. The lowest BCUT2D eigenvalue weighted by molar-refractivity contribution is -0.119. The SMILES string of the molecule is CC(C(=O)Nc1ccc(NC(=O)CCCCc2ccc(Br)cc2)cc1)n1cncn1. The van der Waals surface area contributed by atoms with Gasteiger partial charge in [-0.2, -0.15) is 5.10 Å². The normalized spacial score (nSPS) is 11.7. The van der Waals surface area contributed by atoms with Crippen molar-refractivity contribution in [1.82, 2.24) is 14.8 Å². The van der Waals surface area contributed by atoms with Crippen LogP contribution in [0, 0.1) is 0 Å². The van der Waals surface area contributed by atoms with Gasteiger partial charge in [-0.25, -0.2) is 9.67 Å². The molecule has 0 aliphatic heterocycles. The van der Waals surface area contributed by atoms with E-state index in [-0.39, 0.29) is 11.8 Å². The molecule has 0 saturated heterocycles. The zero-order valence-corrected chi connectivity index (χ0v) is 18.3. The minimum absolute atomic E-state index is 0.0117. The number of amides is 2. The molecular weight excluding hydrogens is 446 g/mol. The Hall–Kier alpha value is -3.00. The number of hydrogen-bond donors (Lipinski definition) is 2. The first-order valence-electron chi connectivity index (χ1n) is 9.80. The number of carbonyl (C=O) groups is 2. The first-order chi connectivity index (χ1) is 14.5. The third-order valence-corrected chi connectivity index (χ3v) is 5.21. The van der Waals surface area contributed by atoms with Crippen LogP contribution in [0.1, 0.15) is 37.8 Å². The fraction of sp³-hybridized carbons (Fsp3) is 0.273. The Morgan fingerprint density at radius 3 is 2.30 bits per heavy atom. The highest BCUT2D eigenvalue weighted by molar-refractivity contribution is 9.10. The quantitative estimate of drug-likeness (QED) is 0.448. The number of hydrogen-bond acceptors (Lipinski definition) is 4. The molecule has 0 spiro atoms. The van der Waals surface area contributed by atoms with Crippen LogP contribution in [-0.4, -0.2) is 26.6 Å². The molecule has 156 valence electrons. The predicted octanol–water partition coefficient (Wildman–Crippen LogP) is 4.59. The van der Waals surface area contributed by atoms with Gasteiger partial charge >= 0.3 is 0 Å². The molecule has 8 heteroatoms. The van der Waals surface area contributed by atoms with E-state index < -0.39 is 6.04 Å². The minimum Gasteiger partial charge on any atom is -0.326 e. The predicted molar refractivity (Wildman–Crippen MR) is 120 cm³/mol. The van der Waals surface area contributed by atoms with Crippen molar-refractivity contribution in [2.75, 3.05) is 10.6 Å². The lowest BCUT2D eigenvalue weighted by Gasteiger charge is -2.12. The van der Waals surface area contributed by atoms with E-state index in [1.807, 2.05) is 12.1 Å². The molecule has 0 saturated carbocycles. The molecule has 0 bridgehead atoms. The molecule has 1 aromatic heterocycles. The van der Waals surface area contributed by atoms with Crippen LogP contribution in [0.15, 0.2) is 65.7 Å². The second-order valence-electron chi connectivity index (χ2n) is 7.00. The zero-order valence-electron chi connectivity index (χ0n) is 16.7. The van der Waals surface area contributed by atoms with E-state index in [0.717, 1.165) is 23.7 Å². The number of carbonyl (C=O) groups excluding carboxylic acids is 2. The van der Waals surface area contributed by atoms with Crippen molar-refractivity contribution in [2.45, 2.75) is 38.6 Å².